The average Bonchev–Trinajstić information content (AvgIpc) is 2.61. The van der Waals surface area contributed by atoms with Gasteiger partial charge in [-0.2, -0.15) is 0 Å². The van der Waals surface area contributed by atoms with Gasteiger partial charge in [0.15, 0.2) is 0 Å². The molecule has 0 nitrogen and oxygen atoms in total. The molecule has 134 valence electrons. The fraction of sp³-hybridized carbons (Fsp3) is 0.250. The molecule has 0 aromatic heterocycles. The second-order valence-corrected chi connectivity index (χ2v) is 10.3. The number of rotatable bonds is 4. The van der Waals surface area contributed by atoms with Crippen molar-refractivity contribution in [2.75, 3.05) is 0 Å². The molecular formula is C24H28As2. The molecule has 3 rings (SSSR count). The van der Waals surface area contributed by atoms with Crippen LogP contribution in [-0.4, -0.2) is 33.7 Å². The average molecular weight is 466 g/mol. The fourth-order valence-corrected chi connectivity index (χ4v) is 4.33. The normalized spacial score (nSPS) is 11.4. The van der Waals surface area contributed by atoms with Gasteiger partial charge in [0.05, 0.1) is 0 Å². The Kier molecular flexibility index (Phi) is 6.16. The van der Waals surface area contributed by atoms with Crippen molar-refractivity contribution in [3.05, 3.63) is 71.8 Å². The van der Waals surface area contributed by atoms with Crippen LogP contribution < -0.4 is 8.70 Å². The molecule has 0 aliphatic carbocycles. The summed E-state index contributed by atoms with van der Waals surface area (Å²) in [6.45, 7) is 9.19. The van der Waals surface area contributed by atoms with Crippen molar-refractivity contribution in [1.82, 2.24) is 0 Å². The number of benzene rings is 3. The molecule has 0 spiro atoms. The molecule has 0 bridgehead atoms. The quantitative estimate of drug-likeness (QED) is 0.514. The summed E-state index contributed by atoms with van der Waals surface area (Å²) in [5, 5.41) is 0. The van der Waals surface area contributed by atoms with Gasteiger partial charge in [-0.05, 0) is 0 Å². The molecular weight excluding hydrogens is 438 g/mol. The summed E-state index contributed by atoms with van der Waals surface area (Å²) in [5.41, 5.74) is 8.35. The molecule has 0 heterocycles. The van der Waals surface area contributed by atoms with Gasteiger partial charge in [0.1, 0.15) is 0 Å². The van der Waals surface area contributed by atoms with E-state index in [1.807, 2.05) is 0 Å². The first-order chi connectivity index (χ1) is 12.4. The first kappa shape index (κ1) is 19.5. The molecule has 3 aromatic carbocycles. The van der Waals surface area contributed by atoms with Crippen molar-refractivity contribution in [3.8, 4) is 22.3 Å². The van der Waals surface area contributed by atoms with Gasteiger partial charge in [-0.15, -0.1) is 0 Å². The minimum atomic E-state index is 0.490. The van der Waals surface area contributed by atoms with Crippen molar-refractivity contribution in [3.63, 3.8) is 0 Å². The van der Waals surface area contributed by atoms with Crippen molar-refractivity contribution >= 4 is 42.4 Å². The summed E-state index contributed by atoms with van der Waals surface area (Å²) >= 11 is 3.36. The SMILES string of the molecule is CC(C)c1ccc(C(C)C)c(-c2ccc([AsH2])cc2)c1-c1ccc([AsH2])cc1. The molecule has 0 amide bonds. The molecule has 0 saturated carbocycles. The van der Waals surface area contributed by atoms with E-state index < -0.39 is 0 Å². The van der Waals surface area contributed by atoms with E-state index in [0.717, 1.165) is 0 Å². The van der Waals surface area contributed by atoms with Crippen LogP contribution >= 0.6 is 0 Å². The van der Waals surface area contributed by atoms with Crippen LogP contribution in [0, 0.1) is 0 Å². The molecule has 26 heavy (non-hydrogen) atoms. The standard InChI is InChI=1S/C24H28As2/c1-15(2)21-13-14-22(16(3)4)24(18-7-11-20(26)12-8-18)23(21)17-5-9-19(25)10-6-17/h5-16H,25-26H2,1-4H3. The zero-order valence-corrected chi connectivity index (χ0v) is 20.9. The second kappa shape index (κ2) is 8.20. The van der Waals surface area contributed by atoms with Crippen LogP contribution in [0.15, 0.2) is 60.7 Å². The Bertz CT molecular complexity index is 812. The van der Waals surface area contributed by atoms with Crippen molar-refractivity contribution in [2.24, 2.45) is 0 Å². The third kappa shape index (κ3) is 4.03. The van der Waals surface area contributed by atoms with E-state index in [9.17, 15) is 0 Å². The van der Waals surface area contributed by atoms with Gasteiger partial charge in [0, 0.05) is 0 Å². The summed E-state index contributed by atoms with van der Waals surface area (Å²) in [6.07, 6.45) is 0. The monoisotopic (exact) mass is 466 g/mol. The van der Waals surface area contributed by atoms with Gasteiger partial charge in [-0.3, -0.25) is 0 Å². The Labute approximate surface area is 175 Å². The zero-order chi connectivity index (χ0) is 18.8. The summed E-state index contributed by atoms with van der Waals surface area (Å²) in [6, 6.07) is 22.9. The Hall–Kier alpha value is -1.22. The maximum atomic E-state index is 2.35. The van der Waals surface area contributed by atoms with Crippen molar-refractivity contribution < 1.29 is 0 Å². The van der Waals surface area contributed by atoms with Gasteiger partial charge in [0.25, 0.3) is 0 Å². The van der Waals surface area contributed by atoms with Crippen LogP contribution in [0.5, 0.6) is 0 Å². The van der Waals surface area contributed by atoms with Crippen molar-refractivity contribution in [1.29, 1.82) is 0 Å². The van der Waals surface area contributed by atoms with Crippen molar-refractivity contribution in [2.45, 2.75) is 39.5 Å². The van der Waals surface area contributed by atoms with E-state index in [1.165, 1.54) is 42.1 Å². The molecule has 2 atom stereocenters. The summed E-state index contributed by atoms with van der Waals surface area (Å²) in [7, 11) is 0. The molecule has 0 radical (unpaired) electrons. The molecule has 0 aliphatic heterocycles. The Balaban J connectivity index is 2.39. The Morgan fingerprint density at radius 1 is 0.500 bits per heavy atom. The van der Waals surface area contributed by atoms with Crippen LogP contribution in [0.2, 0.25) is 0 Å². The maximum absolute atomic E-state index is 2.35. The molecule has 0 saturated heterocycles. The topological polar surface area (TPSA) is 0 Å². The molecule has 0 fully saturated rings. The van der Waals surface area contributed by atoms with Crippen LogP contribution in [0.25, 0.3) is 22.3 Å². The van der Waals surface area contributed by atoms with Gasteiger partial charge in [0.2, 0.25) is 0 Å². The van der Waals surface area contributed by atoms with Gasteiger partial charge >= 0.3 is 176 Å². The molecule has 2 heteroatoms. The predicted octanol–water partition coefficient (Wildman–Crippen LogP) is 3.78. The van der Waals surface area contributed by atoms with Gasteiger partial charge in [-0.1, -0.05) is 0 Å². The van der Waals surface area contributed by atoms with E-state index in [1.54, 1.807) is 33.7 Å². The van der Waals surface area contributed by atoms with Gasteiger partial charge < -0.3 is 0 Å². The predicted molar refractivity (Wildman–Crippen MR) is 122 cm³/mol. The van der Waals surface area contributed by atoms with E-state index in [2.05, 4.69) is 88.4 Å². The van der Waals surface area contributed by atoms with E-state index in [-0.39, 0.29) is 0 Å². The first-order valence-electron chi connectivity index (χ1n) is 9.27. The zero-order valence-electron chi connectivity index (χ0n) is 16.1. The van der Waals surface area contributed by atoms with Crippen LogP contribution in [0.1, 0.15) is 50.7 Å². The summed E-state index contributed by atoms with van der Waals surface area (Å²) in [4.78, 5) is 0. The third-order valence-corrected chi connectivity index (χ3v) is 6.53. The van der Waals surface area contributed by atoms with Crippen LogP contribution in [0.4, 0.5) is 0 Å². The number of hydrogen-bond acceptors (Lipinski definition) is 0. The van der Waals surface area contributed by atoms with Gasteiger partial charge in [-0.25, -0.2) is 0 Å². The summed E-state index contributed by atoms with van der Waals surface area (Å²) in [5.74, 6) is 0.980. The second-order valence-electron chi connectivity index (χ2n) is 7.55. The van der Waals surface area contributed by atoms with E-state index in [4.69, 9.17) is 0 Å². The first-order valence-corrected chi connectivity index (χ1v) is 11.7. The van der Waals surface area contributed by atoms with E-state index in [0.29, 0.717) is 11.8 Å². The summed E-state index contributed by atoms with van der Waals surface area (Å²) < 4.78 is 2.73. The van der Waals surface area contributed by atoms with Crippen LogP contribution in [-0.2, 0) is 0 Å². The fourth-order valence-electron chi connectivity index (χ4n) is 3.52. The molecule has 0 N–H and O–H groups in total. The van der Waals surface area contributed by atoms with Crippen LogP contribution in [0.3, 0.4) is 0 Å². The molecule has 0 aliphatic rings. The molecule has 3 aromatic rings. The van der Waals surface area contributed by atoms with E-state index >= 15 is 0 Å². The Morgan fingerprint density at radius 2 is 0.808 bits per heavy atom. The number of hydrogen-bond donors (Lipinski definition) is 0. The molecule has 2 unspecified atom stereocenters. The Morgan fingerprint density at radius 3 is 1.08 bits per heavy atom. The minimum absolute atomic E-state index is 0.490. The third-order valence-electron chi connectivity index (χ3n) is 4.91.